The molecule has 0 heterocycles. The van der Waals surface area contributed by atoms with Crippen molar-refractivity contribution in [2.45, 2.75) is 141 Å². The van der Waals surface area contributed by atoms with Crippen LogP contribution in [0.5, 0.6) is 0 Å². The molecule has 0 N–H and O–H groups in total. The second-order valence-electron chi connectivity index (χ2n) is 8.64. The number of hydrogen-bond donors (Lipinski definition) is 0. The molecular weight excluding hydrogens is 515 g/mol. The first kappa shape index (κ1) is 31.2. The van der Waals surface area contributed by atoms with E-state index < -0.39 is 37.5 Å². The Labute approximate surface area is 202 Å². The molecule has 0 aliphatic carbocycles. The molecule has 0 unspecified atom stereocenters. The molecule has 32 heavy (non-hydrogen) atoms. The van der Waals surface area contributed by atoms with E-state index in [0.717, 1.165) is 83.5 Å². The minimum absolute atomic E-state index is 0.271. The number of carbonyl (C=O) groups excluding carboxylic acids is 3. The summed E-state index contributed by atoms with van der Waals surface area (Å²) in [4.78, 5) is 37.8. The van der Waals surface area contributed by atoms with Gasteiger partial charge in [-0.1, -0.05) is 0 Å². The average Bonchev–Trinajstić information content (AvgIpc) is 2.76. The predicted molar refractivity (Wildman–Crippen MR) is 130 cm³/mol. The zero-order valence-electron chi connectivity index (χ0n) is 21.2. The second-order valence-corrected chi connectivity index (χ2v) is 15.7. The van der Waals surface area contributed by atoms with E-state index >= 15 is 0 Å². The predicted octanol–water partition coefficient (Wildman–Crippen LogP) is 7.27. The first-order valence-corrected chi connectivity index (χ1v) is 18.6. The molecule has 0 saturated heterocycles. The van der Waals surface area contributed by atoms with Crippen molar-refractivity contribution in [3.8, 4) is 0 Å². The Bertz CT molecular complexity index is 444. The Kier molecular flexibility index (Phi) is 20.3. The van der Waals surface area contributed by atoms with E-state index in [1.54, 1.807) is 0 Å². The summed E-state index contributed by atoms with van der Waals surface area (Å²) in [5.74, 6) is -1.19. The fraction of sp³-hybridized carbons (Fsp3) is 0.880. The van der Waals surface area contributed by atoms with Gasteiger partial charge in [-0.25, -0.2) is 0 Å². The monoisotopic (exact) mass is 564 g/mol. The summed E-state index contributed by atoms with van der Waals surface area (Å²) in [5.41, 5.74) is 0. The van der Waals surface area contributed by atoms with Crippen molar-refractivity contribution < 1.29 is 23.6 Å². The van der Waals surface area contributed by atoms with Gasteiger partial charge in [0.05, 0.1) is 0 Å². The van der Waals surface area contributed by atoms with Gasteiger partial charge in [0.25, 0.3) is 0 Å². The van der Waals surface area contributed by atoms with Crippen LogP contribution in [0.15, 0.2) is 0 Å². The molecule has 0 radical (unpaired) electrons. The van der Waals surface area contributed by atoms with Crippen LogP contribution in [0.4, 0.5) is 0 Å². The van der Waals surface area contributed by atoms with Crippen molar-refractivity contribution >= 4 is 37.5 Å². The zero-order valence-corrected chi connectivity index (χ0v) is 24.0. The standard InChI is InChI=1S/3C7H14O2.C4H9.Sn/c3*1-2-3-4-5-6-7(8)9;1-3-4-2;/h3*2-6H2,1H3,(H,8,9);1,3-4H2,2H3;/q;;;;+3/p-3. The maximum atomic E-state index is 12.6. The Balaban J connectivity index is 5.21. The van der Waals surface area contributed by atoms with Crippen LogP contribution in [0.3, 0.4) is 0 Å². The Hall–Kier alpha value is -0.791. The molecule has 188 valence electrons. The molecular formula is C25H48O6Sn. The third-order valence-electron chi connectivity index (χ3n) is 5.35. The van der Waals surface area contributed by atoms with Crippen molar-refractivity contribution in [1.82, 2.24) is 0 Å². The van der Waals surface area contributed by atoms with Crippen LogP contribution < -0.4 is 0 Å². The Morgan fingerprint density at radius 1 is 0.469 bits per heavy atom. The van der Waals surface area contributed by atoms with Gasteiger partial charge in [-0.2, -0.15) is 0 Å². The third-order valence-corrected chi connectivity index (χ3v) is 12.7. The molecule has 6 nitrogen and oxygen atoms in total. The summed E-state index contributed by atoms with van der Waals surface area (Å²) in [6, 6.07) is 0. The summed E-state index contributed by atoms with van der Waals surface area (Å²) >= 11 is -4.69. The van der Waals surface area contributed by atoms with Crippen LogP contribution in [0, 0.1) is 0 Å². The molecule has 0 aliphatic rings. The summed E-state index contributed by atoms with van der Waals surface area (Å²) < 4.78 is 17.8. The molecule has 0 spiro atoms. The van der Waals surface area contributed by atoms with Crippen LogP contribution in [0.25, 0.3) is 0 Å². The molecule has 0 aromatic rings. The van der Waals surface area contributed by atoms with Crippen molar-refractivity contribution in [1.29, 1.82) is 0 Å². The van der Waals surface area contributed by atoms with E-state index in [9.17, 15) is 14.4 Å². The van der Waals surface area contributed by atoms with Crippen LogP contribution >= 0.6 is 0 Å². The molecule has 0 atom stereocenters. The van der Waals surface area contributed by atoms with E-state index in [2.05, 4.69) is 20.8 Å². The van der Waals surface area contributed by atoms with E-state index in [1.807, 2.05) is 6.92 Å². The average molecular weight is 563 g/mol. The number of hydrogen-bond acceptors (Lipinski definition) is 6. The summed E-state index contributed by atoms with van der Waals surface area (Å²) in [5, 5.41) is 0. The molecule has 0 amide bonds. The van der Waals surface area contributed by atoms with Crippen LogP contribution in [-0.4, -0.2) is 37.5 Å². The van der Waals surface area contributed by atoms with Gasteiger partial charge < -0.3 is 0 Å². The van der Waals surface area contributed by atoms with Gasteiger partial charge in [-0.15, -0.1) is 0 Å². The fourth-order valence-electron chi connectivity index (χ4n) is 3.37. The number of unbranched alkanes of at least 4 members (excludes halogenated alkanes) is 10. The second kappa shape index (κ2) is 20.8. The molecule has 0 aromatic carbocycles. The SMILES string of the molecule is CCCCCCC(=O)[O][Sn]([CH2]CCC)([O]C(=O)CCCCCC)[O]C(=O)CCCCCC. The third kappa shape index (κ3) is 16.8. The van der Waals surface area contributed by atoms with Crippen LogP contribution in [0.2, 0.25) is 4.44 Å². The minimum atomic E-state index is -4.69. The molecule has 0 rings (SSSR count). The van der Waals surface area contributed by atoms with Crippen LogP contribution in [0.1, 0.15) is 137 Å². The summed E-state index contributed by atoms with van der Waals surface area (Å²) in [7, 11) is 0. The maximum absolute atomic E-state index is 12.6. The first-order chi connectivity index (χ1) is 15.4. The van der Waals surface area contributed by atoms with Crippen LogP contribution in [-0.2, 0) is 23.6 Å². The van der Waals surface area contributed by atoms with Crippen molar-refractivity contribution in [2.24, 2.45) is 0 Å². The van der Waals surface area contributed by atoms with Gasteiger partial charge in [0.15, 0.2) is 0 Å². The number of rotatable bonds is 21. The molecule has 0 bridgehead atoms. The van der Waals surface area contributed by atoms with Gasteiger partial charge in [-0.3, -0.25) is 0 Å². The van der Waals surface area contributed by atoms with Gasteiger partial charge in [0.2, 0.25) is 0 Å². The quantitative estimate of drug-likeness (QED) is 0.108. The Morgan fingerprint density at radius 3 is 1.06 bits per heavy atom. The Morgan fingerprint density at radius 2 is 0.781 bits per heavy atom. The molecule has 0 aliphatic heterocycles. The van der Waals surface area contributed by atoms with Gasteiger partial charge in [-0.05, 0) is 0 Å². The summed E-state index contributed by atoms with van der Waals surface area (Å²) in [6.07, 6.45) is 13.9. The topological polar surface area (TPSA) is 78.9 Å². The first-order valence-electron chi connectivity index (χ1n) is 13.1. The van der Waals surface area contributed by atoms with Gasteiger partial charge >= 0.3 is 202 Å². The summed E-state index contributed by atoms with van der Waals surface area (Å²) in [6.45, 7) is 8.36. The van der Waals surface area contributed by atoms with Crippen molar-refractivity contribution in [3.63, 3.8) is 0 Å². The van der Waals surface area contributed by atoms with Gasteiger partial charge in [0, 0.05) is 0 Å². The molecule has 0 saturated carbocycles. The number of carbonyl (C=O) groups is 3. The van der Waals surface area contributed by atoms with E-state index in [1.165, 1.54) is 0 Å². The van der Waals surface area contributed by atoms with E-state index in [0.29, 0.717) is 10.9 Å². The van der Waals surface area contributed by atoms with Crippen molar-refractivity contribution in [3.05, 3.63) is 0 Å². The zero-order chi connectivity index (χ0) is 24.1. The molecule has 0 fully saturated rings. The van der Waals surface area contributed by atoms with E-state index in [4.69, 9.17) is 9.22 Å². The molecule has 7 heteroatoms. The van der Waals surface area contributed by atoms with Crippen molar-refractivity contribution in [2.75, 3.05) is 0 Å². The molecule has 0 aromatic heterocycles. The van der Waals surface area contributed by atoms with Gasteiger partial charge in [0.1, 0.15) is 0 Å². The fourth-order valence-corrected chi connectivity index (χ4v) is 10.7. The normalized spacial score (nSPS) is 11.2. The van der Waals surface area contributed by atoms with E-state index in [-0.39, 0.29) is 19.3 Å².